The van der Waals surface area contributed by atoms with E-state index >= 15 is 0 Å². The quantitative estimate of drug-likeness (QED) is 0.215. The number of carbonyl (C=O) groups excluding carboxylic acids is 2. The van der Waals surface area contributed by atoms with Crippen LogP contribution >= 0.6 is 35.0 Å². The molecule has 204 valence electrons. The molecule has 1 unspecified atom stereocenters. The van der Waals surface area contributed by atoms with Crippen LogP contribution in [0.5, 0.6) is 0 Å². The number of hydrogen-bond acceptors (Lipinski definition) is 6. The molecule has 4 aromatic rings. The Hall–Kier alpha value is -3.34. The predicted octanol–water partition coefficient (Wildman–Crippen LogP) is 5.54. The van der Waals surface area contributed by atoms with Gasteiger partial charge < -0.3 is 9.80 Å². The van der Waals surface area contributed by atoms with Crippen molar-refractivity contribution in [3.05, 3.63) is 77.6 Å². The Morgan fingerprint density at radius 2 is 1.62 bits per heavy atom. The third-order valence-electron chi connectivity index (χ3n) is 6.09. The van der Waals surface area contributed by atoms with E-state index in [0.29, 0.717) is 35.8 Å². The zero-order valence-corrected chi connectivity index (χ0v) is 24.2. The smallest absolute Gasteiger partial charge is 0.230 e. The molecule has 0 aliphatic rings. The van der Waals surface area contributed by atoms with Crippen molar-refractivity contribution in [2.45, 2.75) is 20.3 Å². The Bertz CT molecular complexity index is 1410. The van der Waals surface area contributed by atoms with Crippen LogP contribution in [-0.2, 0) is 9.59 Å². The second-order valence-electron chi connectivity index (χ2n) is 8.81. The van der Waals surface area contributed by atoms with Gasteiger partial charge in [-0.15, -0.1) is 0 Å². The van der Waals surface area contributed by atoms with E-state index < -0.39 is 0 Å². The van der Waals surface area contributed by atoms with Gasteiger partial charge in [0.15, 0.2) is 10.3 Å². The van der Waals surface area contributed by atoms with E-state index in [2.05, 4.69) is 15.2 Å². The number of anilines is 2. The van der Waals surface area contributed by atoms with Gasteiger partial charge in [-0.2, -0.15) is 22.0 Å². The van der Waals surface area contributed by atoms with Gasteiger partial charge in [-0.05, 0) is 31.2 Å². The number of para-hydroxylation sites is 1. The number of nitrogens with zero attached hydrogens (tertiary/aromatic N) is 7. The van der Waals surface area contributed by atoms with Crippen LogP contribution in [0.1, 0.15) is 20.3 Å². The molecule has 1 aromatic carbocycles. The lowest BCUT2D eigenvalue weighted by molar-refractivity contribution is -0.121. The number of aromatic nitrogens is 5. The molecule has 9 nitrogen and oxygen atoms in total. The summed E-state index contributed by atoms with van der Waals surface area (Å²) >= 11 is 14.3. The average Bonchev–Trinajstić information content (AvgIpc) is 3.54. The molecule has 2 amide bonds. The van der Waals surface area contributed by atoms with Crippen molar-refractivity contribution in [3.63, 3.8) is 0 Å². The molecule has 3 aromatic heterocycles. The third kappa shape index (κ3) is 6.81. The molecule has 0 spiro atoms. The fourth-order valence-electron chi connectivity index (χ4n) is 3.93. The lowest BCUT2D eigenvalue weighted by Crippen LogP contribution is -2.36. The summed E-state index contributed by atoms with van der Waals surface area (Å²) in [7, 11) is 1.67. The van der Waals surface area contributed by atoms with Gasteiger partial charge in [0, 0.05) is 43.6 Å². The van der Waals surface area contributed by atoms with Crippen LogP contribution in [0.15, 0.2) is 67.3 Å². The maximum atomic E-state index is 13.3. The van der Waals surface area contributed by atoms with Gasteiger partial charge in [-0.25, -0.2) is 9.36 Å². The second-order valence-corrected chi connectivity index (χ2v) is 10.7. The Morgan fingerprint density at radius 3 is 2.28 bits per heavy atom. The lowest BCUT2D eigenvalue weighted by atomic mass is 10.2. The molecule has 12 heteroatoms. The molecule has 0 bridgehead atoms. The normalized spacial score (nSPS) is 11.8. The van der Waals surface area contributed by atoms with Crippen LogP contribution in [0.3, 0.4) is 0 Å². The number of carbonyl (C=O) groups is 2. The van der Waals surface area contributed by atoms with E-state index in [4.69, 9.17) is 23.2 Å². The fraction of sp³-hybridized carbons (Fsp3) is 0.296. The van der Waals surface area contributed by atoms with Crippen LogP contribution in [0.2, 0.25) is 10.3 Å². The molecule has 1 atom stereocenters. The Balaban J connectivity index is 1.29. The topological polar surface area (TPSA) is 89.2 Å². The molecule has 0 saturated carbocycles. The van der Waals surface area contributed by atoms with Gasteiger partial charge in [0.1, 0.15) is 11.4 Å². The summed E-state index contributed by atoms with van der Waals surface area (Å²) in [6, 6.07) is 13.2. The summed E-state index contributed by atoms with van der Waals surface area (Å²) < 4.78 is 3.26. The summed E-state index contributed by atoms with van der Waals surface area (Å²) in [5, 5.41) is 9.16. The number of thioether (sulfide) groups is 1. The van der Waals surface area contributed by atoms with Crippen molar-refractivity contribution in [2.75, 3.05) is 34.9 Å². The summed E-state index contributed by atoms with van der Waals surface area (Å²) in [6.07, 6.45) is 7.11. The number of benzene rings is 1. The molecule has 0 radical (unpaired) electrons. The molecular formula is C27H29Cl2N7O2S. The van der Waals surface area contributed by atoms with E-state index in [1.165, 1.54) is 4.90 Å². The summed E-state index contributed by atoms with van der Waals surface area (Å²) in [6.45, 7) is 4.25. The first kappa shape index (κ1) is 28.7. The van der Waals surface area contributed by atoms with Gasteiger partial charge in [0.05, 0.1) is 30.0 Å². The van der Waals surface area contributed by atoms with E-state index in [1.807, 2.05) is 50.2 Å². The van der Waals surface area contributed by atoms with Crippen LogP contribution < -0.4 is 9.80 Å². The maximum absolute atomic E-state index is 13.3. The van der Waals surface area contributed by atoms with Crippen molar-refractivity contribution < 1.29 is 9.59 Å². The third-order valence-corrected chi connectivity index (χ3v) is 7.86. The van der Waals surface area contributed by atoms with Crippen LogP contribution in [0.25, 0.3) is 11.4 Å². The van der Waals surface area contributed by atoms with E-state index in [9.17, 15) is 9.59 Å². The number of hydrogen-bond donors (Lipinski definition) is 0. The first-order valence-electron chi connectivity index (χ1n) is 12.4. The Kier molecular flexibility index (Phi) is 9.66. The molecule has 0 aliphatic heterocycles. The molecule has 0 saturated heterocycles. The highest BCUT2D eigenvalue weighted by molar-refractivity contribution is 7.99. The highest BCUT2D eigenvalue weighted by Crippen LogP contribution is 2.28. The van der Waals surface area contributed by atoms with Gasteiger partial charge in [-0.3, -0.25) is 14.6 Å². The minimum absolute atomic E-state index is 0.0439. The number of pyridine rings is 1. The lowest BCUT2D eigenvalue weighted by Gasteiger charge is -2.23. The molecule has 3 heterocycles. The average molecular weight is 587 g/mol. The fourth-order valence-corrected chi connectivity index (χ4v) is 5.40. The highest BCUT2D eigenvalue weighted by Gasteiger charge is 2.25. The molecular weight excluding hydrogens is 557 g/mol. The molecule has 0 N–H and O–H groups in total. The van der Waals surface area contributed by atoms with Crippen LogP contribution in [0, 0.1) is 5.92 Å². The highest BCUT2D eigenvalue weighted by atomic mass is 35.5. The first-order chi connectivity index (χ1) is 18.8. The van der Waals surface area contributed by atoms with Gasteiger partial charge in [-0.1, -0.05) is 48.3 Å². The number of amides is 2. The zero-order chi connectivity index (χ0) is 27.9. The standard InChI is InChI=1S/C27H29Cl2N7O2S/c1-4-34(23-17-35(32-26(23)29)20-9-6-5-7-10-20)27(38)19(2)18-39-14-12-24(37)33(3)22-16-36(31-25(22)28)21-11-8-13-30-15-21/h5-11,13,15-17,19H,4,12,14,18H2,1-3H3. The summed E-state index contributed by atoms with van der Waals surface area (Å²) in [5.74, 6) is 0.720. The molecule has 0 fully saturated rings. The molecule has 4 rings (SSSR count). The summed E-state index contributed by atoms with van der Waals surface area (Å²) in [4.78, 5) is 33.3. The minimum Gasteiger partial charge on any atom is -0.311 e. The monoisotopic (exact) mass is 585 g/mol. The largest absolute Gasteiger partial charge is 0.311 e. The van der Waals surface area contributed by atoms with E-state index in [1.54, 1.807) is 63.9 Å². The van der Waals surface area contributed by atoms with Crippen molar-refractivity contribution in [2.24, 2.45) is 5.92 Å². The molecule has 39 heavy (non-hydrogen) atoms. The van der Waals surface area contributed by atoms with Gasteiger partial charge in [0.2, 0.25) is 11.8 Å². The predicted molar refractivity (Wildman–Crippen MR) is 157 cm³/mol. The Morgan fingerprint density at radius 1 is 0.974 bits per heavy atom. The van der Waals surface area contributed by atoms with Crippen molar-refractivity contribution >= 4 is 58.2 Å². The summed E-state index contributed by atoms with van der Waals surface area (Å²) in [5.41, 5.74) is 2.70. The van der Waals surface area contributed by atoms with Crippen molar-refractivity contribution in [1.82, 2.24) is 24.5 Å². The minimum atomic E-state index is -0.272. The van der Waals surface area contributed by atoms with Crippen LogP contribution in [-0.4, -0.2) is 61.5 Å². The van der Waals surface area contributed by atoms with Gasteiger partial charge in [0.25, 0.3) is 0 Å². The number of rotatable bonds is 11. The van der Waals surface area contributed by atoms with E-state index in [0.717, 1.165) is 11.4 Å². The van der Waals surface area contributed by atoms with E-state index in [-0.39, 0.29) is 28.0 Å². The SMILES string of the molecule is CCN(C(=O)C(C)CSCCC(=O)N(C)c1cn(-c2cccnc2)nc1Cl)c1cn(-c2ccccc2)nc1Cl. The Labute approximate surface area is 241 Å². The molecule has 0 aliphatic carbocycles. The first-order valence-corrected chi connectivity index (χ1v) is 14.3. The van der Waals surface area contributed by atoms with Crippen LogP contribution in [0.4, 0.5) is 11.4 Å². The second kappa shape index (κ2) is 13.1. The van der Waals surface area contributed by atoms with Crippen molar-refractivity contribution in [1.29, 1.82) is 0 Å². The van der Waals surface area contributed by atoms with Crippen molar-refractivity contribution in [3.8, 4) is 11.4 Å². The van der Waals surface area contributed by atoms with Gasteiger partial charge >= 0.3 is 0 Å². The number of halogens is 2. The zero-order valence-electron chi connectivity index (χ0n) is 21.9. The maximum Gasteiger partial charge on any atom is 0.230 e.